The average Bonchev–Trinajstić information content (AvgIpc) is 2.64. The fourth-order valence-corrected chi connectivity index (χ4v) is 3.27. The molecule has 1 aromatic heterocycles. The predicted octanol–water partition coefficient (Wildman–Crippen LogP) is 3.03. The minimum atomic E-state index is -4.00. The summed E-state index contributed by atoms with van der Waals surface area (Å²) in [5, 5.41) is 0.827. The molecule has 0 radical (unpaired) electrons. The van der Waals surface area contributed by atoms with E-state index in [0.717, 1.165) is 27.7 Å². The third kappa shape index (κ3) is 4.02. The van der Waals surface area contributed by atoms with Crippen LogP contribution in [0.15, 0.2) is 42.7 Å². The highest BCUT2D eigenvalue weighted by Crippen LogP contribution is 2.36. The van der Waals surface area contributed by atoms with Crippen LogP contribution in [0.4, 0.5) is 0 Å². The first-order chi connectivity index (χ1) is 12.4. The van der Waals surface area contributed by atoms with Gasteiger partial charge in [0.25, 0.3) is 0 Å². The first-order valence-electron chi connectivity index (χ1n) is 7.92. The lowest BCUT2D eigenvalue weighted by atomic mass is 10.0. The molecule has 0 aliphatic rings. The second-order valence-electron chi connectivity index (χ2n) is 5.78. The Morgan fingerprint density at radius 2 is 1.65 bits per heavy atom. The number of ether oxygens (including phenoxy) is 2. The topological polar surface area (TPSA) is 102 Å². The molecule has 26 heavy (non-hydrogen) atoms. The summed E-state index contributed by atoms with van der Waals surface area (Å²) < 4.78 is 21.7. The number of benzene rings is 2. The van der Waals surface area contributed by atoms with Gasteiger partial charge in [-0.25, -0.2) is 9.97 Å². The summed E-state index contributed by atoms with van der Waals surface area (Å²) in [5.74, 6) is 1.19. The maximum absolute atomic E-state index is 11.0. The molecule has 3 rings (SSSR count). The number of rotatable bonds is 6. The van der Waals surface area contributed by atoms with E-state index in [-0.39, 0.29) is 6.16 Å². The third-order valence-electron chi connectivity index (χ3n) is 4.06. The molecule has 0 bridgehead atoms. The fourth-order valence-electron chi connectivity index (χ4n) is 2.72. The predicted molar refractivity (Wildman–Crippen MR) is 98.7 cm³/mol. The van der Waals surface area contributed by atoms with Crippen molar-refractivity contribution >= 4 is 18.5 Å². The highest BCUT2D eigenvalue weighted by atomic mass is 31.2. The molecule has 0 fully saturated rings. The molecule has 2 aromatic carbocycles. The monoisotopic (exact) mass is 374 g/mol. The maximum atomic E-state index is 11.0. The SMILES string of the molecule is COc1cc2ncnc(-c3ccc(CCP(=O)(O)O)cc3)c2cc1OC. The Morgan fingerprint density at radius 3 is 2.27 bits per heavy atom. The largest absolute Gasteiger partial charge is 0.493 e. The zero-order valence-corrected chi connectivity index (χ0v) is 15.3. The third-order valence-corrected chi connectivity index (χ3v) is 4.87. The molecule has 136 valence electrons. The van der Waals surface area contributed by atoms with Gasteiger partial charge >= 0.3 is 7.60 Å². The Kier molecular flexibility index (Phi) is 5.23. The molecule has 2 N–H and O–H groups in total. The van der Waals surface area contributed by atoms with E-state index in [0.29, 0.717) is 17.9 Å². The van der Waals surface area contributed by atoms with Crippen LogP contribution in [0.2, 0.25) is 0 Å². The molecule has 3 aromatic rings. The van der Waals surface area contributed by atoms with Gasteiger partial charge in [-0.3, -0.25) is 4.57 Å². The second kappa shape index (κ2) is 7.41. The van der Waals surface area contributed by atoms with Crippen molar-refractivity contribution in [3.63, 3.8) is 0 Å². The van der Waals surface area contributed by atoms with E-state index in [4.69, 9.17) is 19.3 Å². The van der Waals surface area contributed by atoms with Gasteiger partial charge in [0, 0.05) is 17.0 Å². The minimum Gasteiger partial charge on any atom is -0.493 e. The van der Waals surface area contributed by atoms with Crippen molar-refractivity contribution < 1.29 is 23.8 Å². The van der Waals surface area contributed by atoms with Crippen LogP contribution in [-0.2, 0) is 11.0 Å². The quantitative estimate of drug-likeness (QED) is 0.640. The molecule has 1 heterocycles. The Morgan fingerprint density at radius 1 is 1.00 bits per heavy atom. The van der Waals surface area contributed by atoms with Crippen molar-refractivity contribution in [3.05, 3.63) is 48.3 Å². The van der Waals surface area contributed by atoms with Gasteiger partial charge < -0.3 is 19.3 Å². The summed E-state index contributed by atoms with van der Waals surface area (Å²) in [6, 6.07) is 11.1. The van der Waals surface area contributed by atoms with Crippen molar-refractivity contribution in [1.29, 1.82) is 0 Å². The summed E-state index contributed by atoms with van der Waals surface area (Å²) in [6.45, 7) is 0. The highest BCUT2D eigenvalue weighted by Gasteiger charge is 2.14. The highest BCUT2D eigenvalue weighted by molar-refractivity contribution is 7.51. The maximum Gasteiger partial charge on any atom is 0.325 e. The van der Waals surface area contributed by atoms with Crippen LogP contribution in [0.1, 0.15) is 5.56 Å². The molecule has 0 amide bonds. The summed E-state index contributed by atoms with van der Waals surface area (Å²) in [4.78, 5) is 26.7. The van der Waals surface area contributed by atoms with Crippen LogP contribution in [-0.4, -0.2) is 40.1 Å². The van der Waals surface area contributed by atoms with Gasteiger partial charge in [0.1, 0.15) is 6.33 Å². The Balaban J connectivity index is 1.98. The average molecular weight is 374 g/mol. The van der Waals surface area contributed by atoms with Crippen molar-refractivity contribution in [1.82, 2.24) is 9.97 Å². The number of hydrogen-bond donors (Lipinski definition) is 2. The van der Waals surface area contributed by atoms with E-state index in [1.807, 2.05) is 30.3 Å². The molecule has 0 unspecified atom stereocenters. The molecular weight excluding hydrogens is 355 g/mol. The van der Waals surface area contributed by atoms with E-state index in [1.165, 1.54) is 6.33 Å². The van der Waals surface area contributed by atoms with Gasteiger partial charge in [-0.15, -0.1) is 0 Å². The summed E-state index contributed by atoms with van der Waals surface area (Å²) in [5.41, 5.74) is 3.22. The molecule has 0 saturated heterocycles. The molecule has 0 saturated carbocycles. The van der Waals surface area contributed by atoms with Crippen LogP contribution in [0.25, 0.3) is 22.2 Å². The van der Waals surface area contributed by atoms with Gasteiger partial charge in [-0.2, -0.15) is 0 Å². The van der Waals surface area contributed by atoms with Crippen molar-refractivity contribution in [3.8, 4) is 22.8 Å². The Bertz CT molecular complexity index is 969. The van der Waals surface area contributed by atoms with E-state index in [1.54, 1.807) is 20.3 Å². The molecule has 7 nitrogen and oxygen atoms in total. The minimum absolute atomic E-state index is 0.167. The van der Waals surface area contributed by atoms with Gasteiger partial charge in [-0.1, -0.05) is 24.3 Å². The van der Waals surface area contributed by atoms with Gasteiger partial charge in [0.15, 0.2) is 11.5 Å². The zero-order valence-electron chi connectivity index (χ0n) is 14.4. The smallest absolute Gasteiger partial charge is 0.325 e. The first kappa shape index (κ1) is 18.3. The van der Waals surface area contributed by atoms with E-state index < -0.39 is 7.60 Å². The number of aromatic nitrogens is 2. The van der Waals surface area contributed by atoms with Crippen molar-refractivity contribution in [2.45, 2.75) is 6.42 Å². The number of nitrogens with zero attached hydrogens (tertiary/aromatic N) is 2. The lowest BCUT2D eigenvalue weighted by Gasteiger charge is -2.11. The molecule has 0 spiro atoms. The standard InChI is InChI=1S/C18H19N2O5P/c1-24-16-9-14-15(10-17(16)25-2)19-11-20-18(14)13-5-3-12(4-6-13)7-8-26(21,22)23/h3-6,9-11H,7-8H2,1-2H3,(H2,21,22,23). The van der Waals surface area contributed by atoms with E-state index >= 15 is 0 Å². The first-order valence-corrected chi connectivity index (χ1v) is 9.71. The molecule has 0 atom stereocenters. The number of hydrogen-bond acceptors (Lipinski definition) is 5. The molecular formula is C18H19N2O5P. The van der Waals surface area contributed by atoms with Crippen LogP contribution in [0.5, 0.6) is 11.5 Å². The van der Waals surface area contributed by atoms with E-state index in [2.05, 4.69) is 9.97 Å². The number of aryl methyl sites for hydroxylation is 1. The molecule has 0 aliphatic carbocycles. The Labute approximate surface area is 150 Å². The van der Waals surface area contributed by atoms with Gasteiger partial charge in [0.05, 0.1) is 31.6 Å². The summed E-state index contributed by atoms with van der Waals surface area (Å²) >= 11 is 0. The van der Waals surface area contributed by atoms with Crippen molar-refractivity contribution in [2.75, 3.05) is 20.4 Å². The van der Waals surface area contributed by atoms with Gasteiger partial charge in [0.2, 0.25) is 0 Å². The fraction of sp³-hybridized carbons (Fsp3) is 0.222. The number of fused-ring (bicyclic) bond motifs is 1. The molecule has 8 heteroatoms. The lowest BCUT2D eigenvalue weighted by Crippen LogP contribution is -1.95. The molecule has 0 aliphatic heterocycles. The lowest BCUT2D eigenvalue weighted by molar-refractivity contribution is 0.356. The second-order valence-corrected chi connectivity index (χ2v) is 7.56. The Hall–Kier alpha value is -2.47. The number of methoxy groups -OCH3 is 2. The zero-order chi connectivity index (χ0) is 18.7. The van der Waals surface area contributed by atoms with Crippen LogP contribution in [0.3, 0.4) is 0 Å². The van der Waals surface area contributed by atoms with Crippen LogP contribution < -0.4 is 9.47 Å². The van der Waals surface area contributed by atoms with E-state index in [9.17, 15) is 4.57 Å². The van der Waals surface area contributed by atoms with Gasteiger partial charge in [-0.05, 0) is 18.1 Å². The summed E-state index contributed by atoms with van der Waals surface area (Å²) in [7, 11) is -0.853. The summed E-state index contributed by atoms with van der Waals surface area (Å²) in [6.07, 6.45) is 1.64. The van der Waals surface area contributed by atoms with Crippen LogP contribution in [0, 0.1) is 0 Å². The normalized spacial score (nSPS) is 11.5. The van der Waals surface area contributed by atoms with Crippen LogP contribution >= 0.6 is 7.60 Å². The van der Waals surface area contributed by atoms with Crippen molar-refractivity contribution in [2.24, 2.45) is 0 Å².